The molecule has 1 heterocycles. The van der Waals surface area contributed by atoms with Gasteiger partial charge in [0.05, 0.1) is 24.1 Å². The zero-order valence-corrected chi connectivity index (χ0v) is 25.4. The summed E-state index contributed by atoms with van der Waals surface area (Å²) in [4.78, 5) is 69.3. The minimum atomic E-state index is -0.782. The number of amides is 2. The van der Waals surface area contributed by atoms with Crippen LogP contribution >= 0.6 is 0 Å². The molecular weight excluding hydrogens is 582 g/mol. The number of fused-ring (bicyclic) bond motifs is 3. The van der Waals surface area contributed by atoms with Crippen LogP contribution in [0.5, 0.6) is 11.5 Å². The number of benzene rings is 3. The van der Waals surface area contributed by atoms with Gasteiger partial charge < -0.3 is 9.84 Å². The molecule has 8 heteroatoms. The number of hydrogen-bond donors (Lipinski definition) is 1. The highest BCUT2D eigenvalue weighted by atomic mass is 16.5. The number of ketones is 3. The Morgan fingerprint density at radius 1 is 0.891 bits per heavy atom. The van der Waals surface area contributed by atoms with Crippen LogP contribution in [0, 0.1) is 17.8 Å². The maximum absolute atomic E-state index is 14.2. The van der Waals surface area contributed by atoms with E-state index in [-0.39, 0.29) is 53.5 Å². The number of anilines is 1. The first kappa shape index (κ1) is 29.3. The van der Waals surface area contributed by atoms with Crippen LogP contribution in [-0.2, 0) is 19.2 Å². The van der Waals surface area contributed by atoms with E-state index in [1.54, 1.807) is 80.6 Å². The highest BCUT2D eigenvalue weighted by Crippen LogP contribution is 2.57. The molecule has 8 nitrogen and oxygen atoms in total. The molecule has 4 aliphatic rings. The third-order valence-corrected chi connectivity index (χ3v) is 9.63. The number of ether oxygens (including phenoxy) is 1. The van der Waals surface area contributed by atoms with Gasteiger partial charge in [-0.25, -0.2) is 0 Å². The van der Waals surface area contributed by atoms with Crippen LogP contribution in [0.1, 0.15) is 54.1 Å². The molecule has 230 valence electrons. The summed E-state index contributed by atoms with van der Waals surface area (Å²) in [5.41, 5.74) is 3.42. The van der Waals surface area contributed by atoms with Gasteiger partial charge in [-0.3, -0.25) is 28.9 Å². The Bertz CT molecular complexity index is 1930. The molecule has 2 amide bonds. The number of para-hydroxylation sites is 1. The van der Waals surface area contributed by atoms with Gasteiger partial charge >= 0.3 is 0 Å². The minimum absolute atomic E-state index is 0.127. The van der Waals surface area contributed by atoms with Gasteiger partial charge in [0.1, 0.15) is 0 Å². The lowest BCUT2D eigenvalue weighted by Gasteiger charge is -2.42. The summed E-state index contributed by atoms with van der Waals surface area (Å²) in [7, 11) is 0. The van der Waals surface area contributed by atoms with Gasteiger partial charge in [-0.15, -0.1) is 0 Å². The molecule has 0 bridgehead atoms. The summed E-state index contributed by atoms with van der Waals surface area (Å²) in [6, 6.07) is 20.4. The van der Waals surface area contributed by atoms with Gasteiger partial charge in [0.2, 0.25) is 11.8 Å². The van der Waals surface area contributed by atoms with Crippen molar-refractivity contribution in [1.82, 2.24) is 0 Å². The highest BCUT2D eigenvalue weighted by Gasteiger charge is 2.57. The molecule has 1 N–H and O–H groups in total. The molecule has 0 spiro atoms. The first-order chi connectivity index (χ1) is 22.2. The Kier molecular flexibility index (Phi) is 7.15. The molecule has 1 aliphatic heterocycles. The van der Waals surface area contributed by atoms with E-state index in [1.807, 2.05) is 12.1 Å². The molecule has 0 radical (unpaired) electrons. The smallest absolute Gasteiger partial charge is 0.238 e. The van der Waals surface area contributed by atoms with Gasteiger partial charge in [-0.1, -0.05) is 54.1 Å². The van der Waals surface area contributed by atoms with Crippen molar-refractivity contribution in [3.8, 4) is 11.5 Å². The second kappa shape index (κ2) is 11.2. The van der Waals surface area contributed by atoms with Crippen LogP contribution in [0.2, 0.25) is 0 Å². The highest BCUT2D eigenvalue weighted by molar-refractivity contribution is 6.25. The predicted molar refractivity (Wildman–Crippen MR) is 169 cm³/mol. The van der Waals surface area contributed by atoms with Crippen molar-refractivity contribution in [1.29, 1.82) is 0 Å². The van der Waals surface area contributed by atoms with E-state index in [0.717, 1.165) is 5.57 Å². The molecule has 3 aromatic rings. The van der Waals surface area contributed by atoms with Gasteiger partial charge in [0.15, 0.2) is 28.8 Å². The number of carbonyl (C=O) groups excluding carboxylic acids is 5. The van der Waals surface area contributed by atoms with E-state index in [0.29, 0.717) is 45.7 Å². The van der Waals surface area contributed by atoms with E-state index in [9.17, 15) is 29.1 Å². The number of phenols is 1. The normalized spacial score (nSPS) is 23.8. The quantitative estimate of drug-likeness (QED) is 0.165. The van der Waals surface area contributed by atoms with Crippen molar-refractivity contribution in [3.05, 3.63) is 124 Å². The van der Waals surface area contributed by atoms with Crippen molar-refractivity contribution >= 4 is 34.9 Å². The van der Waals surface area contributed by atoms with Crippen LogP contribution in [0.3, 0.4) is 0 Å². The molecule has 3 aromatic carbocycles. The van der Waals surface area contributed by atoms with Crippen molar-refractivity contribution in [3.63, 3.8) is 0 Å². The SMILES string of the molecule is CCOc1cccc(C2C3=CCC4C(=O)N(c5ccc(C(=O)c6ccccc6)cc5)C(=O)C4C3CC3=C2C(=O)C(C)=CC3=O)c1O. The second-order valence-corrected chi connectivity index (χ2v) is 12.1. The molecule has 4 atom stereocenters. The monoisotopic (exact) mass is 613 g/mol. The van der Waals surface area contributed by atoms with E-state index < -0.39 is 23.7 Å². The number of allylic oxidation sites excluding steroid dienone is 6. The predicted octanol–water partition coefficient (Wildman–Crippen LogP) is 5.66. The van der Waals surface area contributed by atoms with E-state index in [4.69, 9.17) is 4.74 Å². The third kappa shape index (κ3) is 4.47. The average molecular weight is 614 g/mol. The lowest BCUT2D eigenvalue weighted by Crippen LogP contribution is -2.39. The minimum Gasteiger partial charge on any atom is -0.504 e. The van der Waals surface area contributed by atoms with E-state index in [1.165, 1.54) is 11.0 Å². The van der Waals surface area contributed by atoms with Crippen LogP contribution in [0.15, 0.2) is 107 Å². The molecule has 4 unspecified atom stereocenters. The first-order valence-corrected chi connectivity index (χ1v) is 15.4. The zero-order chi connectivity index (χ0) is 32.3. The molecule has 0 saturated carbocycles. The second-order valence-electron chi connectivity index (χ2n) is 12.1. The van der Waals surface area contributed by atoms with Crippen LogP contribution in [0.4, 0.5) is 5.69 Å². The zero-order valence-electron chi connectivity index (χ0n) is 25.4. The molecule has 1 fully saturated rings. The van der Waals surface area contributed by atoms with Crippen molar-refractivity contribution in [2.45, 2.75) is 32.6 Å². The Morgan fingerprint density at radius 2 is 1.61 bits per heavy atom. The molecule has 46 heavy (non-hydrogen) atoms. The number of rotatable bonds is 6. The number of nitrogens with zero attached hydrogens (tertiary/aromatic N) is 1. The van der Waals surface area contributed by atoms with Crippen LogP contribution < -0.4 is 9.64 Å². The number of phenolic OH excluding ortho intramolecular Hbond substituents is 1. The summed E-state index contributed by atoms with van der Waals surface area (Å²) < 4.78 is 5.65. The lowest BCUT2D eigenvalue weighted by molar-refractivity contribution is -0.123. The van der Waals surface area contributed by atoms with E-state index >= 15 is 0 Å². The number of hydrogen-bond acceptors (Lipinski definition) is 7. The van der Waals surface area contributed by atoms with Crippen LogP contribution in [-0.4, -0.2) is 40.9 Å². The molecule has 3 aliphatic carbocycles. The number of Topliss-reactive ketones (excluding diaryl/α,β-unsaturated/α-hetero) is 1. The fourth-order valence-corrected chi connectivity index (χ4v) is 7.53. The molecule has 0 aromatic heterocycles. The summed E-state index contributed by atoms with van der Waals surface area (Å²) in [5.74, 6) is -4.07. The Hall–Kier alpha value is -5.37. The summed E-state index contributed by atoms with van der Waals surface area (Å²) in [6.07, 6.45) is 3.64. The van der Waals surface area contributed by atoms with Gasteiger partial charge in [-0.05, 0) is 69.0 Å². The van der Waals surface area contributed by atoms with Crippen molar-refractivity contribution < 1.29 is 33.8 Å². The van der Waals surface area contributed by atoms with Crippen molar-refractivity contribution in [2.75, 3.05) is 11.5 Å². The lowest BCUT2D eigenvalue weighted by atomic mass is 9.59. The molecule has 1 saturated heterocycles. The van der Waals surface area contributed by atoms with Gasteiger partial charge in [0, 0.05) is 39.3 Å². The van der Waals surface area contributed by atoms with Crippen LogP contribution in [0.25, 0.3) is 0 Å². The van der Waals surface area contributed by atoms with Gasteiger partial charge in [-0.2, -0.15) is 0 Å². The fourth-order valence-electron chi connectivity index (χ4n) is 7.53. The first-order valence-electron chi connectivity index (χ1n) is 15.4. The Labute approximate surface area is 265 Å². The van der Waals surface area contributed by atoms with Gasteiger partial charge in [0.25, 0.3) is 0 Å². The maximum atomic E-state index is 14.2. The third-order valence-electron chi connectivity index (χ3n) is 9.63. The number of imide groups is 1. The van der Waals surface area contributed by atoms with Crippen molar-refractivity contribution in [2.24, 2.45) is 17.8 Å². The summed E-state index contributed by atoms with van der Waals surface area (Å²) in [6.45, 7) is 3.72. The largest absolute Gasteiger partial charge is 0.504 e. The Balaban J connectivity index is 1.27. The topological polar surface area (TPSA) is 118 Å². The summed E-state index contributed by atoms with van der Waals surface area (Å²) in [5, 5.41) is 11.3. The van der Waals surface area contributed by atoms with E-state index in [2.05, 4.69) is 0 Å². The number of aromatic hydroxyl groups is 1. The molecular formula is C38H31NO7. The maximum Gasteiger partial charge on any atom is 0.238 e. The number of carbonyl (C=O) groups is 5. The molecule has 7 rings (SSSR count). The average Bonchev–Trinajstić information content (AvgIpc) is 3.33. The Morgan fingerprint density at radius 3 is 2.33 bits per heavy atom. The fraction of sp³-hybridized carbons (Fsp3) is 0.237. The summed E-state index contributed by atoms with van der Waals surface area (Å²) >= 11 is 0. The standard InChI is InChI=1S/C38H31NO7/c1-3-46-30-11-7-10-25(36(30)43)31-24-16-17-26-32(27(24)19-28-29(40)18-20(2)34(41)33(28)31)38(45)39(37(26)44)23-14-12-22(13-15-23)35(42)21-8-5-4-6-9-21/h4-16,18,26-27,31-32,43H,3,17,19H2,1-2H3.